The Balaban J connectivity index is 1.37. The fourth-order valence-electron chi connectivity index (χ4n) is 4.59. The normalized spacial score (nSPS) is 20.6. The maximum absolute atomic E-state index is 12.7. The van der Waals surface area contributed by atoms with Gasteiger partial charge >= 0.3 is 0 Å². The number of nitrogens with one attached hydrogen (secondary N) is 1. The number of hydrogen-bond donors (Lipinski definition) is 1. The van der Waals surface area contributed by atoms with E-state index in [9.17, 15) is 8.42 Å². The molecule has 0 atom stereocenters. The molecule has 3 heterocycles. The first-order valence-electron chi connectivity index (χ1n) is 10.3. The van der Waals surface area contributed by atoms with E-state index in [4.69, 9.17) is 4.74 Å². The summed E-state index contributed by atoms with van der Waals surface area (Å²) in [6, 6.07) is 12.4. The van der Waals surface area contributed by atoms with Crippen LogP contribution in [0.1, 0.15) is 35.1 Å². The molecule has 6 heteroatoms. The van der Waals surface area contributed by atoms with Crippen molar-refractivity contribution in [1.29, 1.82) is 0 Å². The summed E-state index contributed by atoms with van der Waals surface area (Å²) in [7, 11) is -3.44. The van der Waals surface area contributed by atoms with E-state index in [-0.39, 0.29) is 0 Å². The first-order chi connectivity index (χ1) is 14.1. The van der Waals surface area contributed by atoms with E-state index >= 15 is 0 Å². The predicted molar refractivity (Wildman–Crippen MR) is 113 cm³/mol. The molecule has 2 aromatic carbocycles. The summed E-state index contributed by atoms with van der Waals surface area (Å²) < 4.78 is 31.4. The van der Waals surface area contributed by atoms with Crippen molar-refractivity contribution < 1.29 is 13.2 Å². The summed E-state index contributed by atoms with van der Waals surface area (Å²) in [6.07, 6.45) is 3.88. The second-order valence-electron chi connectivity index (χ2n) is 8.23. The molecular formula is C23H26N2O3S. The molecule has 2 aromatic rings. The maximum atomic E-state index is 12.7. The molecule has 0 saturated carbocycles. The van der Waals surface area contributed by atoms with Crippen molar-refractivity contribution in [1.82, 2.24) is 10.2 Å². The van der Waals surface area contributed by atoms with Gasteiger partial charge in [-0.1, -0.05) is 30.3 Å². The molecule has 0 spiro atoms. The number of sulfone groups is 1. The van der Waals surface area contributed by atoms with Crippen LogP contribution in [0, 0.1) is 5.92 Å². The Hall–Kier alpha value is -2.15. The topological polar surface area (TPSA) is 58.6 Å². The van der Waals surface area contributed by atoms with Gasteiger partial charge in [-0.05, 0) is 60.7 Å². The van der Waals surface area contributed by atoms with Crippen molar-refractivity contribution in [2.45, 2.75) is 37.4 Å². The molecule has 0 amide bonds. The van der Waals surface area contributed by atoms with Crippen LogP contribution < -0.4 is 10.1 Å². The van der Waals surface area contributed by atoms with Crippen LogP contribution >= 0.6 is 0 Å². The fraction of sp³-hybridized carbons (Fsp3) is 0.391. The van der Waals surface area contributed by atoms with Gasteiger partial charge < -0.3 is 10.1 Å². The SMILES string of the molecule is O=S1(=O)C=Cc2c(CN3Cc4ccccc4C3)ccc(OCC3CCNCC3)c21. The van der Waals surface area contributed by atoms with Gasteiger partial charge in [0.2, 0.25) is 9.84 Å². The second kappa shape index (κ2) is 7.59. The Labute approximate surface area is 172 Å². The minimum Gasteiger partial charge on any atom is -0.492 e. The Morgan fingerprint density at radius 2 is 1.76 bits per heavy atom. The van der Waals surface area contributed by atoms with Crippen molar-refractivity contribution in [3.8, 4) is 5.75 Å². The lowest BCUT2D eigenvalue weighted by molar-refractivity contribution is 0.211. The highest BCUT2D eigenvalue weighted by molar-refractivity contribution is 7.95. The minimum atomic E-state index is -3.44. The Kier molecular flexibility index (Phi) is 4.94. The number of rotatable bonds is 5. The molecule has 3 aliphatic rings. The van der Waals surface area contributed by atoms with E-state index in [0.29, 0.717) is 23.2 Å². The summed E-state index contributed by atoms with van der Waals surface area (Å²) in [5, 5.41) is 4.67. The van der Waals surface area contributed by atoms with Crippen molar-refractivity contribution in [3.63, 3.8) is 0 Å². The highest BCUT2D eigenvalue weighted by Crippen LogP contribution is 2.38. The second-order valence-corrected chi connectivity index (χ2v) is 10.0. The monoisotopic (exact) mass is 410 g/mol. The zero-order valence-electron chi connectivity index (χ0n) is 16.4. The number of fused-ring (bicyclic) bond motifs is 2. The molecule has 29 heavy (non-hydrogen) atoms. The maximum Gasteiger partial charge on any atom is 0.204 e. The number of benzene rings is 2. The molecule has 0 unspecified atom stereocenters. The lowest BCUT2D eigenvalue weighted by atomic mass is 9.99. The Morgan fingerprint density at radius 3 is 2.48 bits per heavy atom. The molecule has 0 bridgehead atoms. The van der Waals surface area contributed by atoms with E-state index in [2.05, 4.69) is 34.5 Å². The molecule has 0 aromatic heterocycles. The molecule has 1 saturated heterocycles. The largest absolute Gasteiger partial charge is 0.492 e. The van der Waals surface area contributed by atoms with Crippen molar-refractivity contribution in [3.05, 3.63) is 64.1 Å². The quantitative estimate of drug-likeness (QED) is 0.819. The van der Waals surface area contributed by atoms with Gasteiger partial charge in [-0.15, -0.1) is 0 Å². The van der Waals surface area contributed by atoms with Gasteiger partial charge in [-0.25, -0.2) is 8.42 Å². The lowest BCUT2D eigenvalue weighted by Crippen LogP contribution is -2.30. The average molecular weight is 411 g/mol. The first-order valence-corrected chi connectivity index (χ1v) is 11.9. The number of hydrogen-bond acceptors (Lipinski definition) is 5. The van der Waals surface area contributed by atoms with Crippen LogP contribution in [0.15, 0.2) is 46.7 Å². The molecule has 1 N–H and O–H groups in total. The van der Waals surface area contributed by atoms with Gasteiger partial charge in [0, 0.05) is 30.6 Å². The van der Waals surface area contributed by atoms with Gasteiger partial charge in [0.25, 0.3) is 0 Å². The zero-order chi connectivity index (χ0) is 19.8. The Morgan fingerprint density at radius 1 is 1.03 bits per heavy atom. The van der Waals surface area contributed by atoms with Crippen molar-refractivity contribution in [2.24, 2.45) is 5.92 Å². The van der Waals surface area contributed by atoms with Crippen molar-refractivity contribution >= 4 is 15.9 Å². The van der Waals surface area contributed by atoms with Gasteiger partial charge in [-0.3, -0.25) is 4.90 Å². The zero-order valence-corrected chi connectivity index (χ0v) is 17.2. The smallest absolute Gasteiger partial charge is 0.204 e. The van der Waals surface area contributed by atoms with E-state index in [1.54, 1.807) is 6.08 Å². The molecule has 5 rings (SSSR count). The third kappa shape index (κ3) is 3.72. The van der Waals surface area contributed by atoms with Crippen molar-refractivity contribution in [2.75, 3.05) is 19.7 Å². The number of nitrogens with zero attached hydrogens (tertiary/aromatic N) is 1. The summed E-state index contributed by atoms with van der Waals surface area (Å²) >= 11 is 0. The van der Waals surface area contributed by atoms with Gasteiger partial charge in [0.15, 0.2) is 0 Å². The average Bonchev–Trinajstić information content (AvgIpc) is 3.28. The van der Waals surface area contributed by atoms with Gasteiger partial charge in [-0.2, -0.15) is 0 Å². The molecular weight excluding hydrogens is 384 g/mol. The minimum absolute atomic E-state index is 0.348. The number of piperidine rings is 1. The van der Waals surface area contributed by atoms with E-state index < -0.39 is 9.84 Å². The van der Waals surface area contributed by atoms with Crippen LogP contribution in [-0.4, -0.2) is 33.0 Å². The highest BCUT2D eigenvalue weighted by Gasteiger charge is 2.29. The Bertz CT molecular complexity index is 1030. The number of ether oxygens (including phenoxy) is 1. The van der Waals surface area contributed by atoms with Gasteiger partial charge in [0.05, 0.1) is 6.61 Å². The first kappa shape index (κ1) is 18.9. The molecule has 0 radical (unpaired) electrons. The molecule has 0 aliphatic carbocycles. The van der Waals surface area contributed by atoms with Crippen LogP contribution in [0.25, 0.3) is 6.08 Å². The third-order valence-electron chi connectivity index (χ3n) is 6.18. The van der Waals surface area contributed by atoms with Crippen LogP contribution in [0.2, 0.25) is 0 Å². The van der Waals surface area contributed by atoms with Crippen LogP contribution in [0.4, 0.5) is 0 Å². The standard InChI is InChI=1S/C23H26N2O3S/c26-29(27)12-9-21-20(15-25-13-18-3-1-2-4-19(18)14-25)5-6-22(23(21)29)28-16-17-7-10-24-11-8-17/h1-6,9,12,17,24H,7-8,10-11,13-16H2. The van der Waals surface area contributed by atoms with E-state index in [1.165, 1.54) is 16.5 Å². The van der Waals surface area contributed by atoms with Crippen LogP contribution in [-0.2, 0) is 29.5 Å². The third-order valence-corrected chi connectivity index (χ3v) is 7.67. The molecule has 3 aliphatic heterocycles. The summed E-state index contributed by atoms with van der Waals surface area (Å²) in [5.41, 5.74) is 4.55. The molecule has 152 valence electrons. The van der Waals surface area contributed by atoms with E-state index in [0.717, 1.165) is 56.7 Å². The van der Waals surface area contributed by atoms with E-state index in [1.807, 2.05) is 12.1 Å². The fourth-order valence-corrected chi connectivity index (χ4v) is 5.95. The summed E-state index contributed by atoms with van der Waals surface area (Å²) in [5.74, 6) is 0.976. The lowest BCUT2D eigenvalue weighted by Gasteiger charge is -2.23. The van der Waals surface area contributed by atoms with Crippen LogP contribution in [0.5, 0.6) is 5.75 Å². The van der Waals surface area contributed by atoms with Crippen LogP contribution in [0.3, 0.4) is 0 Å². The predicted octanol–water partition coefficient (Wildman–Crippen LogP) is 3.34. The molecule has 5 nitrogen and oxygen atoms in total. The summed E-state index contributed by atoms with van der Waals surface area (Å²) in [6.45, 7) is 5.10. The van der Waals surface area contributed by atoms with Gasteiger partial charge in [0.1, 0.15) is 10.6 Å². The highest BCUT2D eigenvalue weighted by atomic mass is 32.2. The molecule has 1 fully saturated rings. The summed E-state index contributed by atoms with van der Waals surface area (Å²) in [4.78, 5) is 2.70.